The predicted molar refractivity (Wildman–Crippen MR) is 77.2 cm³/mol. The summed E-state index contributed by atoms with van der Waals surface area (Å²) in [6.07, 6.45) is 0. The lowest BCUT2D eigenvalue weighted by Crippen LogP contribution is -2.17. The summed E-state index contributed by atoms with van der Waals surface area (Å²) < 4.78 is 6.57. The Kier molecular flexibility index (Phi) is 4.09. The lowest BCUT2D eigenvalue weighted by atomic mass is 10.1. The highest BCUT2D eigenvalue weighted by Gasteiger charge is 2.07. The molecule has 0 aliphatic carbocycles. The molecule has 0 fully saturated rings. The lowest BCUT2D eigenvalue weighted by molar-refractivity contribution is 0.285. The van der Waals surface area contributed by atoms with Crippen LogP contribution in [-0.4, -0.2) is 11.9 Å². The van der Waals surface area contributed by atoms with Crippen molar-refractivity contribution in [1.29, 1.82) is 0 Å². The molecule has 1 heterocycles. The third kappa shape index (κ3) is 3.37. The van der Waals surface area contributed by atoms with Gasteiger partial charge in [-0.15, -0.1) is 0 Å². The Bertz CT molecular complexity index is 536. The zero-order chi connectivity index (χ0) is 13.1. The minimum atomic E-state index is 0.781. The maximum absolute atomic E-state index is 5.99. The first-order chi connectivity index (χ1) is 8.54. The highest BCUT2D eigenvalue weighted by Crippen LogP contribution is 2.20. The number of aryl methyl sites for hydroxylation is 1. The van der Waals surface area contributed by atoms with Gasteiger partial charge in [0.25, 0.3) is 0 Å². The van der Waals surface area contributed by atoms with E-state index < -0.39 is 0 Å². The minimum Gasteiger partial charge on any atom is -0.465 e. The maximum atomic E-state index is 5.99. The van der Waals surface area contributed by atoms with Gasteiger partial charge in [0.15, 0.2) is 0 Å². The van der Waals surface area contributed by atoms with Gasteiger partial charge >= 0.3 is 0 Å². The van der Waals surface area contributed by atoms with Crippen LogP contribution in [0.3, 0.4) is 0 Å². The van der Waals surface area contributed by atoms with Gasteiger partial charge in [-0.3, -0.25) is 4.90 Å². The van der Waals surface area contributed by atoms with Crippen LogP contribution in [0.25, 0.3) is 0 Å². The number of rotatable bonds is 4. The van der Waals surface area contributed by atoms with Gasteiger partial charge in [-0.05, 0) is 43.8 Å². The Morgan fingerprint density at radius 1 is 1.22 bits per heavy atom. The number of furan rings is 1. The number of halogens is 1. The lowest BCUT2D eigenvalue weighted by Gasteiger charge is -2.16. The molecule has 2 N–H and O–H groups in total. The van der Waals surface area contributed by atoms with Crippen molar-refractivity contribution < 1.29 is 4.42 Å². The molecule has 0 saturated carbocycles. The average molecular weight is 309 g/mol. The second-order valence-electron chi connectivity index (χ2n) is 4.53. The summed E-state index contributed by atoms with van der Waals surface area (Å²) in [5.41, 5.74) is 7.93. The van der Waals surface area contributed by atoms with E-state index in [-0.39, 0.29) is 0 Å². The molecule has 0 bridgehead atoms. The fourth-order valence-corrected chi connectivity index (χ4v) is 2.27. The largest absolute Gasteiger partial charge is 0.465 e. The summed E-state index contributed by atoms with van der Waals surface area (Å²) in [4.78, 5) is 2.18. The van der Waals surface area contributed by atoms with Gasteiger partial charge in [0, 0.05) is 16.7 Å². The standard InChI is InChI=1S/C14H17BrN2O/c1-10-3-6-13(18-10)9-17(2)8-11-4-5-12(15)7-14(11)16/h3-7H,8-9,16H2,1-2H3. The molecule has 0 aliphatic rings. The molecule has 4 heteroatoms. The van der Waals surface area contributed by atoms with Crippen LogP contribution >= 0.6 is 15.9 Å². The molecule has 18 heavy (non-hydrogen) atoms. The zero-order valence-corrected chi connectivity index (χ0v) is 12.2. The van der Waals surface area contributed by atoms with E-state index in [0.717, 1.165) is 40.3 Å². The fourth-order valence-electron chi connectivity index (χ4n) is 1.89. The molecule has 0 amide bonds. The van der Waals surface area contributed by atoms with E-state index in [1.54, 1.807) is 0 Å². The third-order valence-corrected chi connectivity index (χ3v) is 3.26. The summed E-state index contributed by atoms with van der Waals surface area (Å²) in [5.74, 6) is 1.92. The number of hydrogen-bond acceptors (Lipinski definition) is 3. The van der Waals surface area contributed by atoms with Crippen molar-refractivity contribution >= 4 is 21.6 Å². The summed E-state index contributed by atoms with van der Waals surface area (Å²) in [6.45, 7) is 3.54. The molecule has 0 saturated heterocycles. The summed E-state index contributed by atoms with van der Waals surface area (Å²) in [6, 6.07) is 9.98. The van der Waals surface area contributed by atoms with Crippen LogP contribution in [0.1, 0.15) is 17.1 Å². The molecular formula is C14H17BrN2O. The van der Waals surface area contributed by atoms with Crippen molar-refractivity contribution in [3.05, 3.63) is 51.9 Å². The van der Waals surface area contributed by atoms with Gasteiger partial charge in [-0.2, -0.15) is 0 Å². The van der Waals surface area contributed by atoms with Crippen LogP contribution < -0.4 is 5.73 Å². The zero-order valence-electron chi connectivity index (χ0n) is 10.6. The Morgan fingerprint density at radius 3 is 2.61 bits per heavy atom. The van der Waals surface area contributed by atoms with Crippen LogP contribution in [-0.2, 0) is 13.1 Å². The molecule has 0 atom stereocenters. The highest BCUT2D eigenvalue weighted by atomic mass is 79.9. The van der Waals surface area contributed by atoms with Crippen LogP contribution in [0.4, 0.5) is 5.69 Å². The van der Waals surface area contributed by atoms with Crippen LogP contribution in [0, 0.1) is 6.92 Å². The van der Waals surface area contributed by atoms with Crippen molar-refractivity contribution in [2.75, 3.05) is 12.8 Å². The van der Waals surface area contributed by atoms with E-state index in [1.165, 1.54) is 0 Å². The highest BCUT2D eigenvalue weighted by molar-refractivity contribution is 9.10. The summed E-state index contributed by atoms with van der Waals surface area (Å²) >= 11 is 3.41. The van der Waals surface area contributed by atoms with Gasteiger partial charge in [0.05, 0.1) is 6.54 Å². The van der Waals surface area contributed by atoms with E-state index >= 15 is 0 Å². The van der Waals surface area contributed by atoms with E-state index in [2.05, 4.69) is 27.9 Å². The first-order valence-electron chi connectivity index (χ1n) is 5.82. The molecule has 0 radical (unpaired) electrons. The van der Waals surface area contributed by atoms with Gasteiger partial charge in [-0.25, -0.2) is 0 Å². The molecular weight excluding hydrogens is 292 g/mol. The van der Waals surface area contributed by atoms with Crippen molar-refractivity contribution in [3.8, 4) is 0 Å². The van der Waals surface area contributed by atoms with Gasteiger partial charge in [0.1, 0.15) is 11.5 Å². The van der Waals surface area contributed by atoms with Crippen molar-refractivity contribution in [2.45, 2.75) is 20.0 Å². The fraction of sp³-hybridized carbons (Fsp3) is 0.286. The minimum absolute atomic E-state index is 0.781. The maximum Gasteiger partial charge on any atom is 0.118 e. The van der Waals surface area contributed by atoms with E-state index in [9.17, 15) is 0 Å². The second kappa shape index (κ2) is 5.59. The van der Waals surface area contributed by atoms with Crippen LogP contribution in [0.2, 0.25) is 0 Å². The molecule has 2 rings (SSSR count). The Balaban J connectivity index is 2.00. The van der Waals surface area contributed by atoms with E-state index in [1.807, 2.05) is 37.3 Å². The smallest absolute Gasteiger partial charge is 0.118 e. The van der Waals surface area contributed by atoms with Crippen molar-refractivity contribution in [2.24, 2.45) is 0 Å². The molecule has 3 nitrogen and oxygen atoms in total. The first-order valence-corrected chi connectivity index (χ1v) is 6.61. The molecule has 0 unspecified atom stereocenters. The first kappa shape index (κ1) is 13.2. The quantitative estimate of drug-likeness (QED) is 0.878. The van der Waals surface area contributed by atoms with Gasteiger partial charge < -0.3 is 10.2 Å². The SMILES string of the molecule is Cc1ccc(CN(C)Cc2ccc(Br)cc2N)o1. The van der Waals surface area contributed by atoms with Gasteiger partial charge in [0.2, 0.25) is 0 Å². The predicted octanol–water partition coefficient (Wildman–Crippen LogP) is 3.56. The van der Waals surface area contributed by atoms with Crippen molar-refractivity contribution in [3.63, 3.8) is 0 Å². The summed E-state index contributed by atoms with van der Waals surface area (Å²) in [5, 5.41) is 0. The van der Waals surface area contributed by atoms with Crippen LogP contribution in [0.5, 0.6) is 0 Å². The number of nitrogens with two attached hydrogens (primary N) is 1. The molecule has 1 aromatic carbocycles. The van der Waals surface area contributed by atoms with Crippen molar-refractivity contribution in [1.82, 2.24) is 4.90 Å². The van der Waals surface area contributed by atoms with Crippen LogP contribution in [0.15, 0.2) is 39.2 Å². The molecule has 96 valence electrons. The molecule has 1 aromatic heterocycles. The number of hydrogen-bond donors (Lipinski definition) is 1. The Morgan fingerprint density at radius 2 is 2.00 bits per heavy atom. The molecule has 0 spiro atoms. The summed E-state index contributed by atoms with van der Waals surface area (Å²) in [7, 11) is 2.05. The Hall–Kier alpha value is -1.26. The van der Waals surface area contributed by atoms with E-state index in [0.29, 0.717) is 0 Å². The second-order valence-corrected chi connectivity index (χ2v) is 5.44. The number of nitrogen functional groups attached to an aromatic ring is 1. The van der Waals surface area contributed by atoms with E-state index in [4.69, 9.17) is 10.2 Å². The Labute approximate surface area is 116 Å². The average Bonchev–Trinajstić information content (AvgIpc) is 2.68. The third-order valence-electron chi connectivity index (χ3n) is 2.77. The monoisotopic (exact) mass is 308 g/mol. The normalized spacial score (nSPS) is 11.1. The van der Waals surface area contributed by atoms with Gasteiger partial charge in [-0.1, -0.05) is 22.0 Å². The number of nitrogens with zero attached hydrogens (tertiary/aromatic N) is 1. The number of benzene rings is 1. The number of anilines is 1. The molecule has 2 aromatic rings. The molecule has 0 aliphatic heterocycles. The topological polar surface area (TPSA) is 42.4 Å².